The van der Waals surface area contributed by atoms with Crippen molar-refractivity contribution in [2.45, 2.75) is 19.3 Å². The number of carbonyl (C=O) groups excluding carboxylic acids is 1. The van der Waals surface area contributed by atoms with Crippen molar-refractivity contribution in [2.75, 3.05) is 13.7 Å². The summed E-state index contributed by atoms with van der Waals surface area (Å²) >= 11 is 0. The lowest BCUT2D eigenvalue weighted by Gasteiger charge is -2.08. The van der Waals surface area contributed by atoms with E-state index in [2.05, 4.69) is 16.6 Å². The van der Waals surface area contributed by atoms with Crippen molar-refractivity contribution < 1.29 is 14.6 Å². The molecule has 1 aromatic carbocycles. The lowest BCUT2D eigenvalue weighted by atomic mass is 10.00. The first kappa shape index (κ1) is 13.3. The normalized spacial score (nSPS) is 11.2. The Labute approximate surface area is 101 Å². The number of hydrogen-bond donors (Lipinski definition) is 1. The molecule has 0 aliphatic carbocycles. The number of esters is 1. The molecule has 90 valence electrons. The fourth-order valence-electron chi connectivity index (χ4n) is 1.39. The van der Waals surface area contributed by atoms with Crippen molar-refractivity contribution in [2.24, 2.45) is 0 Å². The van der Waals surface area contributed by atoms with Crippen LogP contribution in [0.25, 0.3) is 0 Å². The molecule has 0 fully saturated rings. The van der Waals surface area contributed by atoms with Gasteiger partial charge in [-0.3, -0.25) is 4.79 Å². The number of methoxy groups -OCH3 is 1. The van der Waals surface area contributed by atoms with Crippen LogP contribution in [-0.2, 0) is 9.53 Å². The van der Waals surface area contributed by atoms with E-state index in [9.17, 15) is 4.79 Å². The third-order valence-corrected chi connectivity index (χ3v) is 2.43. The fourth-order valence-corrected chi connectivity index (χ4v) is 1.39. The van der Waals surface area contributed by atoms with Crippen molar-refractivity contribution in [3.63, 3.8) is 0 Å². The van der Waals surface area contributed by atoms with E-state index in [1.807, 2.05) is 24.3 Å². The summed E-state index contributed by atoms with van der Waals surface area (Å²) in [6, 6.07) is 7.45. The Morgan fingerprint density at radius 2 is 2.06 bits per heavy atom. The van der Waals surface area contributed by atoms with Crippen LogP contribution in [0.5, 0.6) is 0 Å². The lowest BCUT2D eigenvalue weighted by Crippen LogP contribution is -2.10. The molecule has 0 bridgehead atoms. The third-order valence-electron chi connectivity index (χ3n) is 2.43. The summed E-state index contributed by atoms with van der Waals surface area (Å²) in [6.07, 6.45) is 0.473. The van der Waals surface area contributed by atoms with Crippen LogP contribution in [0.2, 0.25) is 0 Å². The summed E-state index contributed by atoms with van der Waals surface area (Å²) < 4.78 is 4.68. The molecule has 0 amide bonds. The second kappa shape index (κ2) is 6.72. The smallest absolute Gasteiger partial charge is 0.312 e. The van der Waals surface area contributed by atoms with Crippen molar-refractivity contribution in [1.82, 2.24) is 0 Å². The maximum atomic E-state index is 11.3. The van der Waals surface area contributed by atoms with E-state index < -0.39 is 0 Å². The number of benzene rings is 1. The number of ether oxygens (including phenoxy) is 1. The summed E-state index contributed by atoms with van der Waals surface area (Å²) in [7, 11) is 1.38. The van der Waals surface area contributed by atoms with Crippen molar-refractivity contribution in [1.29, 1.82) is 0 Å². The van der Waals surface area contributed by atoms with Crippen LogP contribution in [0.3, 0.4) is 0 Å². The van der Waals surface area contributed by atoms with Gasteiger partial charge in [-0.15, -0.1) is 0 Å². The molecule has 3 nitrogen and oxygen atoms in total. The maximum absolute atomic E-state index is 11.3. The van der Waals surface area contributed by atoms with E-state index in [1.165, 1.54) is 7.11 Å². The van der Waals surface area contributed by atoms with Gasteiger partial charge in [0, 0.05) is 12.0 Å². The minimum atomic E-state index is -0.264. The van der Waals surface area contributed by atoms with Gasteiger partial charge in [0.25, 0.3) is 0 Å². The molecular formula is C14H16O3. The summed E-state index contributed by atoms with van der Waals surface area (Å²) in [5, 5.41) is 8.60. The highest BCUT2D eigenvalue weighted by molar-refractivity contribution is 5.77. The van der Waals surface area contributed by atoms with E-state index >= 15 is 0 Å². The molecule has 0 aromatic heterocycles. The topological polar surface area (TPSA) is 46.5 Å². The van der Waals surface area contributed by atoms with Crippen LogP contribution in [0.4, 0.5) is 0 Å². The Morgan fingerprint density at radius 3 is 2.59 bits per heavy atom. The standard InChI is InChI=1S/C14H16O3/c1-11(14(16)17-2)13-8-6-12(7-9-13)5-3-4-10-15/h6-9,11,15H,4,10H2,1-2H3. The van der Waals surface area contributed by atoms with Gasteiger partial charge in [-0.05, 0) is 24.6 Å². The average Bonchev–Trinajstić information content (AvgIpc) is 2.38. The van der Waals surface area contributed by atoms with E-state index in [4.69, 9.17) is 5.11 Å². The number of rotatable bonds is 3. The number of hydrogen-bond acceptors (Lipinski definition) is 3. The zero-order valence-electron chi connectivity index (χ0n) is 10.1. The highest BCUT2D eigenvalue weighted by Crippen LogP contribution is 2.16. The van der Waals surface area contributed by atoms with Crippen LogP contribution < -0.4 is 0 Å². The first-order chi connectivity index (χ1) is 8.19. The van der Waals surface area contributed by atoms with Gasteiger partial charge in [0.1, 0.15) is 0 Å². The number of carbonyl (C=O) groups is 1. The zero-order valence-corrected chi connectivity index (χ0v) is 10.1. The highest BCUT2D eigenvalue weighted by Gasteiger charge is 2.14. The van der Waals surface area contributed by atoms with E-state index in [1.54, 1.807) is 6.92 Å². The van der Waals surface area contributed by atoms with Crippen molar-refractivity contribution in [3.05, 3.63) is 35.4 Å². The molecule has 1 aromatic rings. The fraction of sp³-hybridized carbons (Fsp3) is 0.357. The minimum absolute atomic E-state index is 0.0739. The molecular weight excluding hydrogens is 216 g/mol. The molecule has 1 N–H and O–H groups in total. The van der Waals surface area contributed by atoms with Gasteiger partial charge in [0.2, 0.25) is 0 Å². The molecule has 3 heteroatoms. The van der Waals surface area contributed by atoms with Crippen LogP contribution in [0, 0.1) is 11.8 Å². The monoisotopic (exact) mass is 232 g/mol. The van der Waals surface area contributed by atoms with Crippen molar-refractivity contribution in [3.8, 4) is 11.8 Å². The lowest BCUT2D eigenvalue weighted by molar-refractivity contribution is -0.141. The maximum Gasteiger partial charge on any atom is 0.312 e. The Bertz CT molecular complexity index is 423. The summed E-state index contributed by atoms with van der Waals surface area (Å²) in [6.45, 7) is 1.88. The molecule has 0 saturated carbocycles. The zero-order chi connectivity index (χ0) is 12.7. The molecule has 0 spiro atoms. The Morgan fingerprint density at radius 1 is 1.41 bits per heavy atom. The number of aliphatic hydroxyl groups is 1. The summed E-state index contributed by atoms with van der Waals surface area (Å²) in [5.41, 5.74) is 1.78. The molecule has 1 unspecified atom stereocenters. The molecule has 1 atom stereocenters. The predicted octanol–water partition coefficient (Wildman–Crippen LogP) is 1.70. The molecule has 1 rings (SSSR count). The summed E-state index contributed by atoms with van der Waals surface area (Å²) in [4.78, 5) is 11.3. The van der Waals surface area contributed by atoms with Gasteiger partial charge >= 0.3 is 5.97 Å². The van der Waals surface area contributed by atoms with Gasteiger partial charge in [-0.25, -0.2) is 0 Å². The molecule has 0 saturated heterocycles. The first-order valence-corrected chi connectivity index (χ1v) is 5.46. The molecule has 17 heavy (non-hydrogen) atoms. The van der Waals surface area contributed by atoms with Crippen LogP contribution in [-0.4, -0.2) is 24.8 Å². The highest BCUT2D eigenvalue weighted by atomic mass is 16.5. The summed E-state index contributed by atoms with van der Waals surface area (Å²) in [5.74, 6) is 5.26. The second-order valence-corrected chi connectivity index (χ2v) is 3.64. The van der Waals surface area contributed by atoms with Crippen LogP contribution in [0.1, 0.15) is 30.4 Å². The van der Waals surface area contributed by atoms with Gasteiger partial charge in [0.05, 0.1) is 19.6 Å². The molecule has 0 heterocycles. The average molecular weight is 232 g/mol. The van der Waals surface area contributed by atoms with Gasteiger partial charge in [0.15, 0.2) is 0 Å². The van der Waals surface area contributed by atoms with Crippen LogP contribution >= 0.6 is 0 Å². The van der Waals surface area contributed by atoms with Gasteiger partial charge < -0.3 is 9.84 Å². The van der Waals surface area contributed by atoms with Crippen LogP contribution in [0.15, 0.2) is 24.3 Å². The quantitative estimate of drug-likeness (QED) is 0.637. The SMILES string of the molecule is COC(=O)C(C)c1ccc(C#CCCO)cc1. The second-order valence-electron chi connectivity index (χ2n) is 3.64. The Hall–Kier alpha value is -1.79. The molecule has 0 aliphatic rings. The minimum Gasteiger partial charge on any atom is -0.469 e. The predicted molar refractivity (Wildman–Crippen MR) is 65.5 cm³/mol. The van der Waals surface area contributed by atoms with E-state index in [-0.39, 0.29) is 18.5 Å². The molecule has 0 radical (unpaired) electrons. The Balaban J connectivity index is 2.75. The van der Waals surface area contributed by atoms with Gasteiger partial charge in [-0.2, -0.15) is 0 Å². The third kappa shape index (κ3) is 3.93. The van der Waals surface area contributed by atoms with Crippen molar-refractivity contribution >= 4 is 5.97 Å². The molecule has 0 aliphatic heterocycles. The van der Waals surface area contributed by atoms with E-state index in [0.29, 0.717) is 6.42 Å². The first-order valence-electron chi connectivity index (χ1n) is 5.46. The largest absolute Gasteiger partial charge is 0.469 e. The van der Waals surface area contributed by atoms with Gasteiger partial charge in [-0.1, -0.05) is 24.0 Å². The Kier molecular flexibility index (Phi) is 5.25. The van der Waals surface area contributed by atoms with E-state index in [0.717, 1.165) is 11.1 Å². The number of aliphatic hydroxyl groups excluding tert-OH is 1.